The normalized spacial score (nSPS) is 13.7. The number of anilines is 2. The molecule has 4 heterocycles. The number of aryl methyl sites for hydroxylation is 2. The van der Waals surface area contributed by atoms with Gasteiger partial charge in [0, 0.05) is 43.7 Å². The molecule has 0 bridgehead atoms. The average Bonchev–Trinajstić information content (AvgIpc) is 3.42. The highest BCUT2D eigenvalue weighted by Gasteiger charge is 2.19. The van der Waals surface area contributed by atoms with Gasteiger partial charge in [0.05, 0.1) is 36.5 Å². The van der Waals surface area contributed by atoms with Gasteiger partial charge in [0.1, 0.15) is 5.82 Å². The van der Waals surface area contributed by atoms with E-state index in [0.29, 0.717) is 60.7 Å². The van der Waals surface area contributed by atoms with Gasteiger partial charge in [-0.25, -0.2) is 24.1 Å². The summed E-state index contributed by atoms with van der Waals surface area (Å²) in [5.41, 5.74) is 1.79. The summed E-state index contributed by atoms with van der Waals surface area (Å²) >= 11 is 0. The highest BCUT2D eigenvalue weighted by molar-refractivity contribution is 6.03. The molecule has 0 radical (unpaired) electrons. The lowest BCUT2D eigenvalue weighted by Gasteiger charge is -2.26. The molecule has 1 aliphatic heterocycles. The first-order chi connectivity index (χ1) is 16.9. The minimum absolute atomic E-state index is 0.0944. The second-order valence-corrected chi connectivity index (χ2v) is 8.00. The van der Waals surface area contributed by atoms with Crippen molar-refractivity contribution in [2.45, 2.75) is 13.8 Å². The molecule has 0 spiro atoms. The number of morpholine rings is 1. The van der Waals surface area contributed by atoms with Crippen molar-refractivity contribution in [3.05, 3.63) is 60.0 Å². The van der Waals surface area contributed by atoms with Crippen molar-refractivity contribution >= 4 is 29.1 Å². The number of aromatic nitrogens is 4. The lowest BCUT2D eigenvalue weighted by molar-refractivity contribution is 0.0564. The van der Waals surface area contributed by atoms with Crippen LogP contribution in [0, 0.1) is 19.7 Å². The van der Waals surface area contributed by atoms with Crippen molar-refractivity contribution < 1.29 is 23.1 Å². The van der Waals surface area contributed by atoms with Crippen LogP contribution in [0.4, 0.5) is 20.6 Å². The van der Waals surface area contributed by atoms with E-state index in [1.807, 2.05) is 0 Å². The van der Waals surface area contributed by atoms with Crippen LogP contribution >= 0.6 is 0 Å². The Hall–Kier alpha value is -4.32. The van der Waals surface area contributed by atoms with Gasteiger partial charge >= 0.3 is 6.03 Å². The lowest BCUT2D eigenvalue weighted by atomic mass is 10.1. The Labute approximate surface area is 198 Å². The van der Waals surface area contributed by atoms with Gasteiger partial charge in [-0.1, -0.05) is 0 Å². The van der Waals surface area contributed by atoms with Crippen molar-refractivity contribution in [3.63, 3.8) is 0 Å². The topological polar surface area (TPSA) is 127 Å². The first-order valence-corrected chi connectivity index (χ1v) is 10.9. The molecule has 1 fully saturated rings. The van der Waals surface area contributed by atoms with Gasteiger partial charge in [-0.3, -0.25) is 9.20 Å². The quantitative estimate of drug-likeness (QED) is 0.460. The Balaban J connectivity index is 1.37. The minimum Gasteiger partial charge on any atom is -0.436 e. The molecule has 3 amide bonds. The molecule has 0 unspecified atom stereocenters. The molecule has 12 heteroatoms. The number of amides is 3. The fourth-order valence-corrected chi connectivity index (χ4v) is 3.78. The van der Waals surface area contributed by atoms with Gasteiger partial charge in [0.25, 0.3) is 5.91 Å². The number of ether oxygens (including phenoxy) is 1. The summed E-state index contributed by atoms with van der Waals surface area (Å²) in [6.45, 7) is 5.34. The number of fused-ring (bicyclic) bond motifs is 1. The molecule has 1 aliphatic rings. The van der Waals surface area contributed by atoms with Crippen LogP contribution in [-0.4, -0.2) is 62.5 Å². The minimum atomic E-state index is -0.515. The molecule has 2 N–H and O–H groups in total. The van der Waals surface area contributed by atoms with Crippen molar-refractivity contribution in [1.82, 2.24) is 24.3 Å². The Morgan fingerprint density at radius 1 is 1.06 bits per heavy atom. The predicted molar refractivity (Wildman–Crippen MR) is 124 cm³/mol. The number of hydrogen-bond acceptors (Lipinski definition) is 7. The number of imidazole rings is 1. The SMILES string of the molecule is Cc1nc(C)c(C(=O)Nc2ccc(F)c(-c3cn4cc(NC(=O)N5CCOCC5)cnc4n3)c2)o1. The number of benzene rings is 1. The third-order valence-corrected chi connectivity index (χ3v) is 5.47. The van der Waals surface area contributed by atoms with Gasteiger partial charge in [-0.2, -0.15) is 0 Å². The lowest BCUT2D eigenvalue weighted by Crippen LogP contribution is -2.43. The van der Waals surface area contributed by atoms with Gasteiger partial charge in [0.15, 0.2) is 5.89 Å². The predicted octanol–water partition coefficient (Wildman–Crippen LogP) is 3.26. The monoisotopic (exact) mass is 479 g/mol. The standard InChI is InChI=1S/C23H22FN7O4/c1-13-20(35-14(2)26-13)21(32)27-15-3-4-18(24)17(9-15)19-12-31-11-16(10-25-22(31)29-19)28-23(33)30-5-7-34-8-6-30/h3-4,9-12H,5-8H2,1-2H3,(H,27,32)(H,28,33). The maximum absolute atomic E-state index is 14.7. The fraction of sp³-hybridized carbons (Fsp3) is 0.261. The van der Waals surface area contributed by atoms with Crippen LogP contribution in [0.2, 0.25) is 0 Å². The molecule has 180 valence electrons. The molecule has 1 aromatic carbocycles. The molecule has 1 saturated heterocycles. The van der Waals surface area contributed by atoms with Gasteiger partial charge in [-0.15, -0.1) is 0 Å². The summed E-state index contributed by atoms with van der Waals surface area (Å²) < 4.78 is 26.9. The summed E-state index contributed by atoms with van der Waals surface area (Å²) in [6.07, 6.45) is 4.73. The zero-order valence-electron chi connectivity index (χ0n) is 19.0. The summed E-state index contributed by atoms with van der Waals surface area (Å²) in [6, 6.07) is 3.92. The first kappa shape index (κ1) is 22.5. The fourth-order valence-electron chi connectivity index (χ4n) is 3.78. The van der Waals surface area contributed by atoms with Crippen LogP contribution in [-0.2, 0) is 4.74 Å². The zero-order valence-corrected chi connectivity index (χ0v) is 19.0. The van der Waals surface area contributed by atoms with Crippen LogP contribution in [0.5, 0.6) is 0 Å². The van der Waals surface area contributed by atoms with E-state index in [2.05, 4.69) is 25.6 Å². The molecule has 0 saturated carbocycles. The molecule has 4 aromatic rings. The van der Waals surface area contributed by atoms with Crippen molar-refractivity contribution in [3.8, 4) is 11.3 Å². The molecule has 0 atom stereocenters. The van der Waals surface area contributed by atoms with E-state index in [1.54, 1.807) is 35.5 Å². The van der Waals surface area contributed by atoms with Gasteiger partial charge < -0.3 is 24.7 Å². The molecule has 35 heavy (non-hydrogen) atoms. The Morgan fingerprint density at radius 3 is 2.60 bits per heavy atom. The maximum Gasteiger partial charge on any atom is 0.322 e. The Bertz CT molecular complexity index is 1420. The molecular weight excluding hydrogens is 457 g/mol. The van der Waals surface area contributed by atoms with Gasteiger partial charge in [0.2, 0.25) is 11.5 Å². The molecule has 3 aromatic heterocycles. The summed E-state index contributed by atoms with van der Waals surface area (Å²) in [5.74, 6) is -0.204. The van der Waals surface area contributed by atoms with E-state index in [9.17, 15) is 14.0 Å². The Morgan fingerprint density at radius 2 is 1.86 bits per heavy atom. The number of rotatable bonds is 4. The van der Waals surface area contributed by atoms with Crippen LogP contribution in [0.1, 0.15) is 22.1 Å². The van der Waals surface area contributed by atoms with Crippen molar-refractivity contribution in [1.29, 1.82) is 0 Å². The van der Waals surface area contributed by atoms with Crippen LogP contribution in [0.15, 0.2) is 41.2 Å². The molecule has 11 nitrogen and oxygen atoms in total. The highest BCUT2D eigenvalue weighted by Crippen LogP contribution is 2.26. The van der Waals surface area contributed by atoms with E-state index in [4.69, 9.17) is 9.15 Å². The summed E-state index contributed by atoms with van der Waals surface area (Å²) in [7, 11) is 0. The van der Waals surface area contributed by atoms with Gasteiger partial charge in [-0.05, 0) is 25.1 Å². The molecule has 0 aliphatic carbocycles. The highest BCUT2D eigenvalue weighted by atomic mass is 19.1. The summed E-state index contributed by atoms with van der Waals surface area (Å²) in [5, 5.41) is 5.50. The number of urea groups is 1. The van der Waals surface area contributed by atoms with E-state index in [0.717, 1.165) is 0 Å². The van der Waals surface area contributed by atoms with E-state index < -0.39 is 11.7 Å². The number of nitrogens with zero attached hydrogens (tertiary/aromatic N) is 5. The number of halogens is 1. The van der Waals surface area contributed by atoms with Crippen LogP contribution < -0.4 is 10.6 Å². The smallest absolute Gasteiger partial charge is 0.322 e. The van der Waals surface area contributed by atoms with Crippen molar-refractivity contribution in [2.75, 3.05) is 36.9 Å². The average molecular weight is 479 g/mol. The number of nitrogens with one attached hydrogen (secondary N) is 2. The van der Waals surface area contributed by atoms with E-state index in [1.165, 1.54) is 24.4 Å². The Kier molecular flexibility index (Phi) is 5.87. The van der Waals surface area contributed by atoms with E-state index in [-0.39, 0.29) is 17.4 Å². The largest absolute Gasteiger partial charge is 0.436 e. The molecular formula is C23H22FN7O4. The second-order valence-electron chi connectivity index (χ2n) is 8.00. The third-order valence-electron chi connectivity index (χ3n) is 5.47. The van der Waals surface area contributed by atoms with E-state index >= 15 is 0 Å². The number of hydrogen-bond donors (Lipinski definition) is 2. The van der Waals surface area contributed by atoms with Crippen LogP contribution in [0.3, 0.4) is 0 Å². The number of carbonyl (C=O) groups excluding carboxylic acids is 2. The second kappa shape index (κ2) is 9.14. The van der Waals surface area contributed by atoms with Crippen LogP contribution in [0.25, 0.3) is 17.0 Å². The summed E-state index contributed by atoms with van der Waals surface area (Å²) in [4.78, 5) is 39.4. The number of oxazole rings is 1. The first-order valence-electron chi connectivity index (χ1n) is 10.9. The zero-order chi connectivity index (χ0) is 24.5. The molecule has 5 rings (SSSR count). The van der Waals surface area contributed by atoms with Crippen molar-refractivity contribution in [2.24, 2.45) is 0 Å². The third kappa shape index (κ3) is 4.68. The number of carbonyl (C=O) groups is 2. The maximum atomic E-state index is 14.7.